The zero-order valence-electron chi connectivity index (χ0n) is 17.9. The van der Waals surface area contributed by atoms with Crippen molar-refractivity contribution in [2.75, 3.05) is 5.32 Å². The predicted molar refractivity (Wildman–Crippen MR) is 120 cm³/mol. The van der Waals surface area contributed by atoms with Gasteiger partial charge in [-0.1, -0.05) is 12.1 Å². The number of nitrogens with two attached hydrogens (primary N) is 1. The molecule has 2 heterocycles. The van der Waals surface area contributed by atoms with E-state index in [-0.39, 0.29) is 22.2 Å². The molecule has 2 aromatic carbocycles. The molecule has 33 heavy (non-hydrogen) atoms. The van der Waals surface area contributed by atoms with Crippen LogP contribution in [0.5, 0.6) is 0 Å². The first-order valence-electron chi connectivity index (χ1n) is 10.0. The maximum Gasteiger partial charge on any atom is 0.274 e. The number of aromatic nitrogens is 3. The van der Waals surface area contributed by atoms with Gasteiger partial charge in [-0.15, -0.1) is 0 Å². The molecule has 8 nitrogen and oxygen atoms in total. The van der Waals surface area contributed by atoms with Gasteiger partial charge < -0.3 is 11.1 Å². The highest BCUT2D eigenvalue weighted by Gasteiger charge is 2.19. The first kappa shape index (κ1) is 21.6. The summed E-state index contributed by atoms with van der Waals surface area (Å²) in [6, 6.07) is 14.2. The van der Waals surface area contributed by atoms with Gasteiger partial charge in [0.2, 0.25) is 5.91 Å². The maximum atomic E-state index is 13.6. The smallest absolute Gasteiger partial charge is 0.274 e. The van der Waals surface area contributed by atoms with Crippen molar-refractivity contribution in [3.8, 4) is 6.07 Å². The Morgan fingerprint density at radius 2 is 1.88 bits per heavy atom. The number of nitriles is 1. The number of pyridine rings is 1. The van der Waals surface area contributed by atoms with Gasteiger partial charge in [-0.25, -0.2) is 9.37 Å². The standard InChI is InChI=1S/C24H19FN6O2/c1-13-22(14(2)31(30-13)12-16-5-3-15(11-26)4-6-16)29-24(33)21-10-19(23(27)32)18-9-17(25)7-8-20(18)28-21/h3-10H,12H2,1-2H3,(H2,27,32)(H,29,33). The third-order valence-corrected chi connectivity index (χ3v) is 5.30. The van der Waals surface area contributed by atoms with E-state index in [0.717, 1.165) is 17.3 Å². The summed E-state index contributed by atoms with van der Waals surface area (Å²) >= 11 is 0. The quantitative estimate of drug-likeness (QED) is 0.489. The lowest BCUT2D eigenvalue weighted by Gasteiger charge is -2.09. The molecule has 0 saturated carbocycles. The van der Waals surface area contributed by atoms with Crippen LogP contribution in [0.4, 0.5) is 10.1 Å². The van der Waals surface area contributed by atoms with Gasteiger partial charge in [-0.2, -0.15) is 10.4 Å². The summed E-state index contributed by atoms with van der Waals surface area (Å²) in [4.78, 5) is 29.1. The molecule has 0 radical (unpaired) electrons. The van der Waals surface area contributed by atoms with E-state index in [0.29, 0.717) is 23.5 Å². The average Bonchev–Trinajstić information content (AvgIpc) is 3.05. The van der Waals surface area contributed by atoms with Crippen LogP contribution < -0.4 is 11.1 Å². The van der Waals surface area contributed by atoms with E-state index in [1.54, 1.807) is 23.7 Å². The third kappa shape index (κ3) is 4.27. The van der Waals surface area contributed by atoms with Gasteiger partial charge in [0.05, 0.1) is 46.3 Å². The molecule has 0 unspecified atom stereocenters. The molecule has 0 fully saturated rings. The zero-order valence-corrected chi connectivity index (χ0v) is 17.9. The highest BCUT2D eigenvalue weighted by molar-refractivity contribution is 6.10. The largest absolute Gasteiger partial charge is 0.366 e. The van der Waals surface area contributed by atoms with Crippen LogP contribution in [0.1, 0.15) is 43.4 Å². The first-order chi connectivity index (χ1) is 15.8. The lowest BCUT2D eigenvalue weighted by Crippen LogP contribution is -2.18. The number of aryl methyl sites for hydroxylation is 1. The van der Waals surface area contributed by atoms with Crippen LogP contribution in [-0.4, -0.2) is 26.6 Å². The topological polar surface area (TPSA) is 127 Å². The van der Waals surface area contributed by atoms with Crippen LogP contribution in [0.2, 0.25) is 0 Å². The summed E-state index contributed by atoms with van der Waals surface area (Å²) in [5, 5.41) is 16.5. The average molecular weight is 442 g/mol. The van der Waals surface area contributed by atoms with Gasteiger partial charge in [-0.3, -0.25) is 14.3 Å². The summed E-state index contributed by atoms with van der Waals surface area (Å²) < 4.78 is 15.4. The van der Waals surface area contributed by atoms with Gasteiger partial charge in [0.1, 0.15) is 11.5 Å². The van der Waals surface area contributed by atoms with Crippen molar-refractivity contribution >= 4 is 28.4 Å². The third-order valence-electron chi connectivity index (χ3n) is 5.30. The summed E-state index contributed by atoms with van der Waals surface area (Å²) in [6.45, 7) is 4.05. The monoisotopic (exact) mass is 442 g/mol. The molecule has 9 heteroatoms. The number of nitrogens with one attached hydrogen (secondary N) is 1. The second kappa shape index (κ2) is 8.51. The van der Waals surface area contributed by atoms with Crippen molar-refractivity contribution in [1.82, 2.24) is 14.8 Å². The molecule has 0 bridgehead atoms. The minimum Gasteiger partial charge on any atom is -0.366 e. The molecule has 164 valence electrons. The maximum absolute atomic E-state index is 13.6. The fourth-order valence-electron chi connectivity index (χ4n) is 3.59. The van der Waals surface area contributed by atoms with Crippen molar-refractivity contribution in [2.45, 2.75) is 20.4 Å². The van der Waals surface area contributed by atoms with Crippen molar-refractivity contribution in [3.05, 3.63) is 88.1 Å². The number of amides is 2. The van der Waals surface area contributed by atoms with E-state index < -0.39 is 17.6 Å². The van der Waals surface area contributed by atoms with Crippen molar-refractivity contribution < 1.29 is 14.0 Å². The van der Waals surface area contributed by atoms with Crippen molar-refractivity contribution in [1.29, 1.82) is 5.26 Å². The number of primary amides is 1. The van der Waals surface area contributed by atoms with Gasteiger partial charge in [-0.05, 0) is 55.8 Å². The van der Waals surface area contributed by atoms with E-state index in [1.165, 1.54) is 18.2 Å². The lowest BCUT2D eigenvalue weighted by atomic mass is 10.1. The molecule has 3 N–H and O–H groups in total. The summed E-state index contributed by atoms with van der Waals surface area (Å²) in [5.74, 6) is -1.87. The highest BCUT2D eigenvalue weighted by atomic mass is 19.1. The van der Waals surface area contributed by atoms with E-state index >= 15 is 0 Å². The predicted octanol–water partition coefficient (Wildman–Crippen LogP) is 3.46. The summed E-state index contributed by atoms with van der Waals surface area (Å²) in [7, 11) is 0. The molecule has 0 saturated heterocycles. The number of rotatable bonds is 5. The van der Waals surface area contributed by atoms with Crippen molar-refractivity contribution in [3.63, 3.8) is 0 Å². The fraction of sp³-hybridized carbons (Fsp3) is 0.125. The number of anilines is 1. The minimum atomic E-state index is -0.787. The molecule has 0 aliphatic carbocycles. The Balaban J connectivity index is 1.63. The Labute approximate surface area is 188 Å². The minimum absolute atomic E-state index is 0.00889. The SMILES string of the molecule is Cc1nn(Cc2ccc(C#N)cc2)c(C)c1NC(=O)c1cc(C(N)=O)c2cc(F)ccc2n1. The molecular formula is C24H19FN6O2. The molecule has 0 spiro atoms. The molecule has 0 atom stereocenters. The molecule has 4 aromatic rings. The zero-order chi connectivity index (χ0) is 23.7. The Kier molecular flexibility index (Phi) is 5.58. The number of benzene rings is 2. The Morgan fingerprint density at radius 1 is 1.15 bits per heavy atom. The van der Waals surface area contributed by atoms with Gasteiger partial charge in [0.15, 0.2) is 0 Å². The summed E-state index contributed by atoms with van der Waals surface area (Å²) in [6.07, 6.45) is 0. The number of fused-ring (bicyclic) bond motifs is 1. The van der Waals surface area contributed by atoms with Gasteiger partial charge in [0.25, 0.3) is 5.91 Å². The van der Waals surface area contributed by atoms with Crippen LogP contribution >= 0.6 is 0 Å². The molecular weight excluding hydrogens is 423 g/mol. The molecule has 0 aliphatic rings. The molecule has 2 aromatic heterocycles. The second-order valence-electron chi connectivity index (χ2n) is 7.55. The number of hydrogen-bond acceptors (Lipinski definition) is 5. The fourth-order valence-corrected chi connectivity index (χ4v) is 3.59. The van der Waals surface area contributed by atoms with Crippen molar-refractivity contribution in [2.24, 2.45) is 5.73 Å². The first-order valence-corrected chi connectivity index (χ1v) is 10.0. The number of halogens is 1. The normalized spacial score (nSPS) is 10.7. The second-order valence-corrected chi connectivity index (χ2v) is 7.55. The Hall–Kier alpha value is -4.58. The Morgan fingerprint density at radius 3 is 2.55 bits per heavy atom. The van der Waals surface area contributed by atoms with Crippen LogP contribution in [-0.2, 0) is 6.54 Å². The molecule has 2 amide bonds. The van der Waals surface area contributed by atoms with Crippen LogP contribution in [0.25, 0.3) is 10.9 Å². The summed E-state index contributed by atoms with van der Waals surface area (Å²) in [5.41, 5.74) is 9.08. The number of hydrogen-bond donors (Lipinski definition) is 2. The number of nitrogens with zero attached hydrogens (tertiary/aromatic N) is 4. The van der Waals surface area contributed by atoms with E-state index in [9.17, 15) is 14.0 Å². The van der Waals surface area contributed by atoms with E-state index in [2.05, 4.69) is 21.5 Å². The van der Waals surface area contributed by atoms with Gasteiger partial charge in [0, 0.05) is 5.39 Å². The molecule has 0 aliphatic heterocycles. The highest BCUT2D eigenvalue weighted by Crippen LogP contribution is 2.23. The van der Waals surface area contributed by atoms with Gasteiger partial charge >= 0.3 is 0 Å². The number of carbonyl (C=O) groups is 2. The van der Waals surface area contributed by atoms with Crippen LogP contribution in [0.3, 0.4) is 0 Å². The number of carbonyl (C=O) groups excluding carboxylic acids is 2. The molecule has 4 rings (SSSR count). The Bertz CT molecular complexity index is 1450. The van der Waals surface area contributed by atoms with E-state index in [1.807, 2.05) is 19.1 Å². The lowest BCUT2D eigenvalue weighted by molar-refractivity contribution is 0.100. The van der Waals surface area contributed by atoms with Crippen LogP contribution in [0.15, 0.2) is 48.5 Å². The van der Waals surface area contributed by atoms with E-state index in [4.69, 9.17) is 11.0 Å². The van der Waals surface area contributed by atoms with Crippen LogP contribution in [0, 0.1) is 31.0 Å².